The van der Waals surface area contributed by atoms with Gasteiger partial charge < -0.3 is 9.84 Å². The summed E-state index contributed by atoms with van der Waals surface area (Å²) in [7, 11) is 0. The third kappa shape index (κ3) is 2.53. The van der Waals surface area contributed by atoms with Crippen molar-refractivity contribution in [2.75, 3.05) is 6.61 Å². The van der Waals surface area contributed by atoms with Gasteiger partial charge in [0, 0.05) is 0 Å². The summed E-state index contributed by atoms with van der Waals surface area (Å²) in [4.78, 5) is 25.2. The first kappa shape index (κ1) is 14.1. The number of aliphatic carboxylic acids is 1. The van der Waals surface area contributed by atoms with Crippen LogP contribution < -0.4 is 0 Å². The van der Waals surface area contributed by atoms with Crippen molar-refractivity contribution in [3.8, 4) is 0 Å². The lowest BCUT2D eigenvalue weighted by Gasteiger charge is -2.28. The Kier molecular flexibility index (Phi) is 3.78. The van der Waals surface area contributed by atoms with E-state index in [1.165, 1.54) is 4.90 Å². The maximum atomic E-state index is 12.1. The molecule has 0 radical (unpaired) electrons. The average Bonchev–Trinajstić information content (AvgIpc) is 2.91. The average molecular weight is 297 g/mol. The van der Waals surface area contributed by atoms with E-state index in [2.05, 4.69) is 0 Å². The van der Waals surface area contributed by atoms with Gasteiger partial charge >= 0.3 is 12.1 Å². The highest BCUT2D eigenvalue weighted by atomic mass is 16.6. The Bertz CT molecular complexity index is 672. The van der Waals surface area contributed by atoms with Crippen LogP contribution in [0.4, 0.5) is 4.79 Å². The van der Waals surface area contributed by atoms with Crippen molar-refractivity contribution < 1.29 is 19.4 Å². The van der Waals surface area contributed by atoms with Gasteiger partial charge in [0.25, 0.3) is 0 Å². The van der Waals surface area contributed by atoms with Gasteiger partial charge in [0.15, 0.2) is 6.04 Å². The van der Waals surface area contributed by atoms with Gasteiger partial charge in [-0.15, -0.1) is 0 Å². The number of amides is 1. The predicted octanol–water partition coefficient (Wildman–Crippen LogP) is 3.01. The van der Waals surface area contributed by atoms with Crippen LogP contribution in [0.1, 0.15) is 23.2 Å². The molecule has 0 unspecified atom stereocenters. The summed E-state index contributed by atoms with van der Waals surface area (Å²) in [5.41, 5.74) is 1.41. The van der Waals surface area contributed by atoms with Crippen LogP contribution in [0.5, 0.6) is 0 Å². The van der Waals surface area contributed by atoms with E-state index in [1.54, 1.807) is 30.3 Å². The van der Waals surface area contributed by atoms with E-state index in [4.69, 9.17) is 4.74 Å². The number of nitrogens with zero attached hydrogens (tertiary/aromatic N) is 1. The Morgan fingerprint density at radius 3 is 2.27 bits per heavy atom. The highest BCUT2D eigenvalue weighted by molar-refractivity contribution is 5.82. The number of cyclic esters (lactones) is 1. The molecule has 0 bridgehead atoms. The lowest BCUT2D eigenvalue weighted by molar-refractivity contribution is -0.142. The molecule has 0 aliphatic carbocycles. The minimum absolute atomic E-state index is 0.152. The monoisotopic (exact) mass is 297 g/mol. The zero-order chi connectivity index (χ0) is 15.5. The van der Waals surface area contributed by atoms with Crippen molar-refractivity contribution in [1.29, 1.82) is 0 Å². The maximum Gasteiger partial charge on any atom is 0.411 e. The smallest absolute Gasteiger partial charge is 0.411 e. The SMILES string of the molecule is O=C(O)[C@@H](c1ccccc1)N1C(=O)OC[C@H]1c1ccccc1. The van der Waals surface area contributed by atoms with Crippen molar-refractivity contribution in [2.24, 2.45) is 0 Å². The number of carbonyl (C=O) groups is 2. The van der Waals surface area contributed by atoms with Crippen LogP contribution in [0.25, 0.3) is 0 Å². The van der Waals surface area contributed by atoms with Gasteiger partial charge in [-0.3, -0.25) is 4.90 Å². The van der Waals surface area contributed by atoms with E-state index >= 15 is 0 Å². The summed E-state index contributed by atoms with van der Waals surface area (Å²) in [6, 6.07) is 16.6. The fourth-order valence-electron chi connectivity index (χ4n) is 2.71. The molecule has 0 spiro atoms. The number of ether oxygens (including phenoxy) is 1. The largest absolute Gasteiger partial charge is 0.479 e. The second-order valence-corrected chi connectivity index (χ2v) is 5.06. The van der Waals surface area contributed by atoms with Crippen molar-refractivity contribution in [3.63, 3.8) is 0 Å². The predicted molar refractivity (Wildman–Crippen MR) is 79.2 cm³/mol. The number of benzene rings is 2. The van der Waals surface area contributed by atoms with Crippen molar-refractivity contribution in [2.45, 2.75) is 12.1 Å². The third-order valence-electron chi connectivity index (χ3n) is 3.72. The van der Waals surface area contributed by atoms with Crippen LogP contribution in [0, 0.1) is 0 Å². The normalized spacial score (nSPS) is 18.8. The number of carboxylic acid groups (broad SMARTS) is 1. The first-order valence-corrected chi connectivity index (χ1v) is 6.96. The van der Waals surface area contributed by atoms with Gasteiger partial charge in [-0.2, -0.15) is 0 Å². The molecule has 112 valence electrons. The summed E-state index contributed by atoms with van der Waals surface area (Å²) in [5.74, 6) is -1.08. The summed E-state index contributed by atoms with van der Waals surface area (Å²) in [6.07, 6.45) is -0.606. The lowest BCUT2D eigenvalue weighted by Crippen LogP contribution is -2.36. The minimum atomic E-state index is -1.08. The quantitative estimate of drug-likeness (QED) is 0.942. The first-order chi connectivity index (χ1) is 10.7. The third-order valence-corrected chi connectivity index (χ3v) is 3.72. The molecule has 2 atom stereocenters. The molecule has 1 aliphatic heterocycles. The van der Waals surface area contributed by atoms with Crippen LogP contribution in [-0.2, 0) is 9.53 Å². The number of hydrogen-bond donors (Lipinski definition) is 1. The molecule has 1 N–H and O–H groups in total. The topological polar surface area (TPSA) is 66.8 Å². The first-order valence-electron chi connectivity index (χ1n) is 6.96. The highest BCUT2D eigenvalue weighted by Crippen LogP contribution is 2.36. The summed E-state index contributed by atoms with van der Waals surface area (Å²) < 4.78 is 5.11. The standard InChI is InChI=1S/C17H15NO4/c19-16(20)15(13-9-5-2-6-10-13)18-14(11-22-17(18)21)12-7-3-1-4-8-12/h1-10,14-15H,11H2,(H,19,20)/t14-,15+/m0/s1. The van der Waals surface area contributed by atoms with Crippen LogP contribution in [0.3, 0.4) is 0 Å². The zero-order valence-corrected chi connectivity index (χ0v) is 11.8. The van der Waals surface area contributed by atoms with Crippen LogP contribution >= 0.6 is 0 Å². The molecule has 1 aliphatic rings. The molecule has 3 rings (SSSR count). The number of rotatable bonds is 4. The van der Waals surface area contributed by atoms with Crippen molar-refractivity contribution in [1.82, 2.24) is 4.90 Å². The van der Waals surface area contributed by atoms with E-state index in [9.17, 15) is 14.7 Å². The van der Waals surface area contributed by atoms with E-state index in [-0.39, 0.29) is 6.61 Å². The second kappa shape index (κ2) is 5.89. The molecule has 1 amide bonds. The van der Waals surface area contributed by atoms with Crippen molar-refractivity contribution in [3.05, 3.63) is 71.8 Å². The molecular formula is C17H15NO4. The van der Waals surface area contributed by atoms with Gasteiger partial charge in [-0.25, -0.2) is 9.59 Å². The van der Waals surface area contributed by atoms with Gasteiger partial charge in [0.2, 0.25) is 0 Å². The lowest BCUT2D eigenvalue weighted by atomic mass is 10.0. The summed E-state index contributed by atoms with van der Waals surface area (Å²) in [6.45, 7) is 0.152. The second-order valence-electron chi connectivity index (χ2n) is 5.06. The molecule has 1 saturated heterocycles. The number of hydrogen-bond acceptors (Lipinski definition) is 3. The molecule has 5 heteroatoms. The Hall–Kier alpha value is -2.82. The fraction of sp³-hybridized carbons (Fsp3) is 0.176. The summed E-state index contributed by atoms with van der Waals surface area (Å²) >= 11 is 0. The molecule has 0 aromatic heterocycles. The number of carbonyl (C=O) groups excluding carboxylic acids is 1. The minimum Gasteiger partial charge on any atom is -0.479 e. The van der Waals surface area contributed by atoms with E-state index in [1.807, 2.05) is 30.3 Å². The van der Waals surface area contributed by atoms with Crippen LogP contribution in [0.15, 0.2) is 60.7 Å². The summed E-state index contributed by atoms with van der Waals surface area (Å²) in [5, 5.41) is 9.62. The highest BCUT2D eigenvalue weighted by Gasteiger charge is 2.42. The Morgan fingerprint density at radius 2 is 1.68 bits per heavy atom. The molecule has 0 saturated carbocycles. The maximum absolute atomic E-state index is 12.1. The fourth-order valence-corrected chi connectivity index (χ4v) is 2.71. The van der Waals surface area contributed by atoms with E-state index in [0.717, 1.165) is 5.56 Å². The Labute approximate surface area is 127 Å². The number of carboxylic acids is 1. The molecule has 1 fully saturated rings. The molecule has 1 heterocycles. The zero-order valence-electron chi connectivity index (χ0n) is 11.8. The van der Waals surface area contributed by atoms with Crippen molar-refractivity contribution >= 4 is 12.1 Å². The van der Waals surface area contributed by atoms with Crippen LogP contribution in [0.2, 0.25) is 0 Å². The molecule has 2 aromatic carbocycles. The Morgan fingerprint density at radius 1 is 1.09 bits per heavy atom. The van der Waals surface area contributed by atoms with Gasteiger partial charge in [-0.1, -0.05) is 60.7 Å². The van der Waals surface area contributed by atoms with Gasteiger partial charge in [-0.05, 0) is 11.1 Å². The van der Waals surface area contributed by atoms with Crippen LogP contribution in [-0.4, -0.2) is 28.7 Å². The molecule has 22 heavy (non-hydrogen) atoms. The molecular weight excluding hydrogens is 282 g/mol. The van der Waals surface area contributed by atoms with Gasteiger partial charge in [0.1, 0.15) is 6.61 Å². The Balaban J connectivity index is 2.01. The van der Waals surface area contributed by atoms with E-state index in [0.29, 0.717) is 5.56 Å². The van der Waals surface area contributed by atoms with E-state index < -0.39 is 24.1 Å². The van der Waals surface area contributed by atoms with Gasteiger partial charge in [0.05, 0.1) is 6.04 Å². The molecule has 5 nitrogen and oxygen atoms in total. The molecule has 2 aromatic rings.